The molecule has 182 valence electrons. The quantitative estimate of drug-likeness (QED) is 0.559. The molecule has 0 saturated heterocycles. The Balaban J connectivity index is 1.91. The van der Waals surface area contributed by atoms with Crippen molar-refractivity contribution < 1.29 is 23.9 Å². The Kier molecular flexibility index (Phi) is 7.04. The van der Waals surface area contributed by atoms with Gasteiger partial charge in [-0.3, -0.25) is 9.80 Å². The summed E-state index contributed by atoms with van der Waals surface area (Å²) in [6, 6.07) is 14.2. The number of ether oxygens (including phenoxy) is 2. The van der Waals surface area contributed by atoms with Crippen LogP contribution in [0, 0.1) is 0 Å². The van der Waals surface area contributed by atoms with Crippen LogP contribution in [0.2, 0.25) is 0 Å². The van der Waals surface area contributed by atoms with Gasteiger partial charge in [0, 0.05) is 19.5 Å². The molecule has 3 rings (SSSR count). The van der Waals surface area contributed by atoms with E-state index < -0.39 is 35.3 Å². The van der Waals surface area contributed by atoms with Gasteiger partial charge in [-0.05, 0) is 44.0 Å². The molecule has 0 bridgehead atoms. The van der Waals surface area contributed by atoms with Crippen molar-refractivity contribution in [1.29, 1.82) is 0 Å². The number of hydrazine groups is 1. The van der Waals surface area contributed by atoms with E-state index >= 15 is 0 Å². The third-order valence-electron chi connectivity index (χ3n) is 5.35. The van der Waals surface area contributed by atoms with Crippen LogP contribution in [0.3, 0.4) is 0 Å². The van der Waals surface area contributed by atoms with Gasteiger partial charge >= 0.3 is 12.1 Å². The summed E-state index contributed by atoms with van der Waals surface area (Å²) in [6.07, 6.45) is 0.955. The van der Waals surface area contributed by atoms with Crippen molar-refractivity contribution in [2.45, 2.75) is 58.3 Å². The molecule has 2 atom stereocenters. The Morgan fingerprint density at radius 3 is 2.35 bits per heavy atom. The number of amides is 2. The van der Waals surface area contributed by atoms with E-state index in [0.29, 0.717) is 12.1 Å². The summed E-state index contributed by atoms with van der Waals surface area (Å²) >= 11 is 0. The van der Waals surface area contributed by atoms with Gasteiger partial charge in [0.15, 0.2) is 5.54 Å². The fourth-order valence-electron chi connectivity index (χ4n) is 3.83. The highest BCUT2D eigenvalue weighted by Crippen LogP contribution is 2.25. The number of carbonyl (C=O) groups excluding carboxylic acids is 3. The van der Waals surface area contributed by atoms with E-state index in [1.54, 1.807) is 38.9 Å². The first kappa shape index (κ1) is 24.9. The Morgan fingerprint density at radius 2 is 1.74 bits per heavy atom. The lowest BCUT2D eigenvalue weighted by atomic mass is 9.98. The zero-order valence-electron chi connectivity index (χ0n) is 20.4. The fourth-order valence-corrected chi connectivity index (χ4v) is 3.83. The summed E-state index contributed by atoms with van der Waals surface area (Å²) in [5.41, 5.74) is 1.94. The monoisotopic (exact) mass is 468 g/mol. The van der Waals surface area contributed by atoms with Gasteiger partial charge in [-0.2, -0.15) is 0 Å². The minimum atomic E-state index is -1.48. The number of rotatable bonds is 6. The molecule has 0 fully saturated rings. The van der Waals surface area contributed by atoms with Gasteiger partial charge in [0.2, 0.25) is 5.91 Å². The lowest BCUT2D eigenvalue weighted by Gasteiger charge is -2.30. The number of nitrogens with one attached hydrogen (secondary N) is 3. The van der Waals surface area contributed by atoms with Crippen LogP contribution in [0.15, 0.2) is 54.4 Å². The number of hydrogen-bond donors (Lipinski definition) is 3. The molecule has 2 aromatic carbocycles. The molecule has 1 aliphatic heterocycles. The molecule has 1 aliphatic rings. The van der Waals surface area contributed by atoms with Crippen LogP contribution >= 0.6 is 0 Å². The third-order valence-corrected chi connectivity index (χ3v) is 5.35. The maximum absolute atomic E-state index is 12.6. The second kappa shape index (κ2) is 9.62. The number of methoxy groups -OCH3 is 1. The van der Waals surface area contributed by atoms with Gasteiger partial charge in [-0.1, -0.05) is 42.5 Å². The normalized spacial score (nSPS) is 17.3. The topological polar surface area (TPSA) is 109 Å². The first-order valence-electron chi connectivity index (χ1n) is 11.0. The molecule has 0 saturated carbocycles. The van der Waals surface area contributed by atoms with E-state index in [4.69, 9.17) is 9.47 Å². The van der Waals surface area contributed by atoms with Crippen LogP contribution in [0.4, 0.5) is 4.79 Å². The van der Waals surface area contributed by atoms with E-state index in [-0.39, 0.29) is 0 Å². The molecule has 0 aromatic heterocycles. The highest BCUT2D eigenvalue weighted by atomic mass is 16.6. The molecule has 2 amide bonds. The van der Waals surface area contributed by atoms with Crippen molar-refractivity contribution in [3.05, 3.63) is 59.9 Å². The van der Waals surface area contributed by atoms with Gasteiger partial charge in [0.25, 0.3) is 0 Å². The maximum Gasteiger partial charge on any atom is 0.426 e. The van der Waals surface area contributed by atoms with Crippen LogP contribution in [0.1, 0.15) is 40.2 Å². The Hall–Kier alpha value is -3.75. The average Bonchev–Trinajstić information content (AvgIpc) is 3.13. The van der Waals surface area contributed by atoms with Crippen molar-refractivity contribution in [3.8, 4) is 0 Å². The molecule has 9 nitrogen and oxygen atoms in total. The summed E-state index contributed by atoms with van der Waals surface area (Å²) in [5.74, 6) is -1.05. The van der Waals surface area contributed by atoms with Crippen LogP contribution in [-0.4, -0.2) is 47.4 Å². The number of benzene rings is 2. The van der Waals surface area contributed by atoms with Crippen LogP contribution in [-0.2, 0) is 25.5 Å². The summed E-state index contributed by atoms with van der Waals surface area (Å²) in [5, 5.41) is 9.68. The standard InChI is InChI=1S/C25H32N4O5/c1-16(30)27-25(5,22(31)33-6)20-15-29(28-23(32)34-24(2,3)4)21(26-20)14-17-11-12-18-9-7-8-10-19(18)13-17/h7-13,15,21,26H,14H2,1-6H3,(H,27,30)(H,28,32). The Labute approximate surface area is 199 Å². The highest BCUT2D eigenvalue weighted by molar-refractivity contribution is 5.90. The predicted molar refractivity (Wildman–Crippen MR) is 128 cm³/mol. The van der Waals surface area contributed by atoms with Gasteiger partial charge in [0.1, 0.15) is 11.8 Å². The van der Waals surface area contributed by atoms with E-state index in [2.05, 4.69) is 22.1 Å². The highest BCUT2D eigenvalue weighted by Gasteiger charge is 2.44. The number of hydrogen-bond acceptors (Lipinski definition) is 7. The molecule has 34 heavy (non-hydrogen) atoms. The Bertz CT molecular complexity index is 1120. The largest absolute Gasteiger partial charge is 0.467 e. The molecule has 1 heterocycles. The number of nitrogens with zero attached hydrogens (tertiary/aromatic N) is 1. The van der Waals surface area contributed by atoms with Gasteiger partial charge in [-0.25, -0.2) is 15.0 Å². The first-order valence-corrected chi connectivity index (χ1v) is 11.0. The van der Waals surface area contributed by atoms with Crippen LogP contribution < -0.4 is 16.1 Å². The van der Waals surface area contributed by atoms with Crippen molar-refractivity contribution in [2.24, 2.45) is 0 Å². The van der Waals surface area contributed by atoms with Crippen molar-refractivity contribution in [3.63, 3.8) is 0 Å². The lowest BCUT2D eigenvalue weighted by Crippen LogP contribution is -2.57. The summed E-state index contributed by atoms with van der Waals surface area (Å²) in [6.45, 7) is 8.18. The molecule has 9 heteroatoms. The van der Waals surface area contributed by atoms with Crippen LogP contribution in [0.5, 0.6) is 0 Å². The number of carbonyl (C=O) groups is 3. The maximum atomic E-state index is 12.6. The zero-order chi connectivity index (χ0) is 25.1. The SMILES string of the molecule is COC(=O)C(C)(NC(C)=O)C1=CN(NC(=O)OC(C)(C)C)C(Cc2ccc3ccccc3c2)N1. The summed E-state index contributed by atoms with van der Waals surface area (Å²) in [7, 11) is 1.25. The molecule has 2 unspecified atom stereocenters. The molecular formula is C25H32N4O5. The van der Waals surface area contributed by atoms with E-state index in [1.165, 1.54) is 14.0 Å². The van der Waals surface area contributed by atoms with E-state index in [0.717, 1.165) is 16.3 Å². The van der Waals surface area contributed by atoms with Gasteiger partial charge < -0.3 is 20.1 Å². The molecule has 0 aliphatic carbocycles. The molecular weight excluding hydrogens is 436 g/mol. The van der Waals surface area contributed by atoms with Crippen molar-refractivity contribution in [2.75, 3.05) is 7.11 Å². The lowest BCUT2D eigenvalue weighted by molar-refractivity contribution is -0.148. The minimum absolute atomic E-state index is 0.372. The smallest absolute Gasteiger partial charge is 0.426 e. The Morgan fingerprint density at radius 1 is 1.06 bits per heavy atom. The summed E-state index contributed by atoms with van der Waals surface area (Å²) in [4.78, 5) is 37.0. The van der Waals surface area contributed by atoms with Crippen molar-refractivity contribution >= 4 is 28.7 Å². The van der Waals surface area contributed by atoms with Gasteiger partial charge in [0.05, 0.1) is 12.8 Å². The number of fused-ring (bicyclic) bond motifs is 1. The molecule has 0 spiro atoms. The number of esters is 1. The second-order valence-corrected chi connectivity index (χ2v) is 9.41. The minimum Gasteiger partial charge on any atom is -0.467 e. The first-order chi connectivity index (χ1) is 15.9. The van der Waals surface area contributed by atoms with E-state index in [1.807, 2.05) is 36.4 Å². The second-order valence-electron chi connectivity index (χ2n) is 9.41. The van der Waals surface area contributed by atoms with Crippen LogP contribution in [0.25, 0.3) is 10.8 Å². The van der Waals surface area contributed by atoms with Gasteiger partial charge in [-0.15, -0.1) is 0 Å². The third kappa shape index (κ3) is 5.78. The molecule has 0 radical (unpaired) electrons. The average molecular weight is 469 g/mol. The molecule has 3 N–H and O–H groups in total. The fraction of sp³-hybridized carbons (Fsp3) is 0.400. The zero-order valence-corrected chi connectivity index (χ0v) is 20.4. The van der Waals surface area contributed by atoms with Crippen molar-refractivity contribution in [1.82, 2.24) is 21.1 Å². The predicted octanol–water partition coefficient (Wildman–Crippen LogP) is 2.96. The summed E-state index contributed by atoms with van der Waals surface area (Å²) < 4.78 is 10.3. The van der Waals surface area contributed by atoms with E-state index in [9.17, 15) is 14.4 Å². The molecule has 2 aromatic rings.